The number of nitrogens with one attached hydrogen (secondary N) is 1. The fraction of sp³-hybridized carbons (Fsp3) is 0.368. The van der Waals surface area contributed by atoms with Gasteiger partial charge < -0.3 is 10.5 Å². The van der Waals surface area contributed by atoms with Crippen molar-refractivity contribution in [1.29, 1.82) is 0 Å². The zero-order valence-electron chi connectivity index (χ0n) is 14.6. The van der Waals surface area contributed by atoms with E-state index in [1.54, 1.807) is 0 Å². The lowest BCUT2D eigenvalue weighted by molar-refractivity contribution is -0.127. The fourth-order valence-electron chi connectivity index (χ4n) is 3.28. The predicted octanol–water partition coefficient (Wildman–Crippen LogP) is 2.24. The van der Waals surface area contributed by atoms with Crippen molar-refractivity contribution < 1.29 is 19.1 Å². The molecule has 1 atom stereocenters. The molecular formula is C19H21N3O4. The first-order valence-corrected chi connectivity index (χ1v) is 8.69. The second kappa shape index (κ2) is 7.51. The summed E-state index contributed by atoms with van der Waals surface area (Å²) in [6, 6.07) is 6.42. The normalized spacial score (nSPS) is 14.8. The molecule has 1 aliphatic rings. The maximum absolute atomic E-state index is 12.9. The summed E-state index contributed by atoms with van der Waals surface area (Å²) in [5.74, 6) is -1.34. The van der Waals surface area contributed by atoms with Crippen molar-refractivity contribution in [2.75, 3.05) is 0 Å². The van der Waals surface area contributed by atoms with Gasteiger partial charge in [0.1, 0.15) is 0 Å². The van der Waals surface area contributed by atoms with E-state index in [1.165, 1.54) is 6.92 Å². The molecule has 0 bridgehead atoms. The van der Waals surface area contributed by atoms with Gasteiger partial charge in [-0.05, 0) is 44.2 Å². The number of fused-ring (bicyclic) bond motifs is 2. The Balaban J connectivity index is 2.00. The number of ether oxygens (including phenoxy) is 1. The largest absolute Gasteiger partial charge is 0.449 e. The highest BCUT2D eigenvalue weighted by atomic mass is 16.5. The SMILES string of the molecule is C[C@H](OC(=O)c1c2c(nc3ccccc13)CCCCC2)C(=O)NC(N)=O. The van der Waals surface area contributed by atoms with Gasteiger partial charge in [-0.3, -0.25) is 15.1 Å². The van der Waals surface area contributed by atoms with Crippen molar-refractivity contribution in [3.8, 4) is 0 Å². The number of esters is 1. The lowest BCUT2D eigenvalue weighted by atomic mass is 9.97. The van der Waals surface area contributed by atoms with E-state index in [4.69, 9.17) is 15.5 Å². The van der Waals surface area contributed by atoms with Gasteiger partial charge in [-0.1, -0.05) is 24.6 Å². The number of carbonyl (C=O) groups excluding carboxylic acids is 3. The van der Waals surface area contributed by atoms with Crippen LogP contribution in [0.25, 0.3) is 10.9 Å². The topological polar surface area (TPSA) is 111 Å². The lowest BCUT2D eigenvalue weighted by Crippen LogP contribution is -2.42. The molecule has 0 unspecified atom stereocenters. The summed E-state index contributed by atoms with van der Waals surface area (Å²) in [7, 11) is 0. The minimum absolute atomic E-state index is 0.464. The molecule has 1 aliphatic carbocycles. The Labute approximate surface area is 150 Å². The van der Waals surface area contributed by atoms with Gasteiger partial charge in [-0.15, -0.1) is 0 Å². The highest BCUT2D eigenvalue weighted by molar-refractivity contribution is 6.06. The Morgan fingerprint density at radius 1 is 1.15 bits per heavy atom. The molecule has 7 heteroatoms. The van der Waals surface area contributed by atoms with Crippen LogP contribution in [0, 0.1) is 0 Å². The molecule has 2 aromatic rings. The van der Waals surface area contributed by atoms with Crippen LogP contribution in [0.4, 0.5) is 4.79 Å². The van der Waals surface area contributed by atoms with E-state index < -0.39 is 24.0 Å². The Morgan fingerprint density at radius 3 is 2.65 bits per heavy atom. The van der Waals surface area contributed by atoms with Gasteiger partial charge >= 0.3 is 12.0 Å². The van der Waals surface area contributed by atoms with Crippen molar-refractivity contribution in [3.05, 3.63) is 41.1 Å². The number of nitrogens with two attached hydrogens (primary N) is 1. The first kappa shape index (κ1) is 17.8. The average molecular weight is 355 g/mol. The molecule has 3 N–H and O–H groups in total. The lowest BCUT2D eigenvalue weighted by Gasteiger charge is -2.17. The van der Waals surface area contributed by atoms with Crippen LogP contribution in [-0.2, 0) is 22.4 Å². The van der Waals surface area contributed by atoms with Crippen LogP contribution >= 0.6 is 0 Å². The van der Waals surface area contributed by atoms with Crippen LogP contribution < -0.4 is 11.1 Å². The maximum Gasteiger partial charge on any atom is 0.339 e. The van der Waals surface area contributed by atoms with Crippen molar-refractivity contribution in [2.45, 2.75) is 45.1 Å². The molecule has 0 fully saturated rings. The van der Waals surface area contributed by atoms with Crippen molar-refractivity contribution >= 4 is 28.8 Å². The van der Waals surface area contributed by atoms with E-state index in [-0.39, 0.29) is 0 Å². The third-order valence-corrected chi connectivity index (χ3v) is 4.52. The standard InChI is InChI=1S/C19H21N3O4/c1-11(17(23)22-19(20)25)26-18(24)16-12-7-3-2-4-9-14(12)21-15-10-6-5-8-13(15)16/h5-6,8,10-11H,2-4,7,9H2,1H3,(H3,20,22,23,25)/t11-/m0/s1. The van der Waals surface area contributed by atoms with Gasteiger partial charge in [0, 0.05) is 11.1 Å². The van der Waals surface area contributed by atoms with Gasteiger partial charge in [0.05, 0.1) is 11.1 Å². The number of hydrogen-bond donors (Lipinski definition) is 2. The third-order valence-electron chi connectivity index (χ3n) is 4.52. The summed E-state index contributed by atoms with van der Waals surface area (Å²) in [5, 5.41) is 2.63. The number of pyridine rings is 1. The smallest absolute Gasteiger partial charge is 0.339 e. The summed E-state index contributed by atoms with van der Waals surface area (Å²) in [6.45, 7) is 1.40. The number of carbonyl (C=O) groups is 3. The summed E-state index contributed by atoms with van der Waals surface area (Å²) >= 11 is 0. The molecule has 0 saturated carbocycles. The van der Waals surface area contributed by atoms with Gasteiger partial charge in [0.25, 0.3) is 5.91 Å². The minimum atomic E-state index is -1.14. The molecule has 1 aromatic heterocycles. The highest BCUT2D eigenvalue weighted by Crippen LogP contribution is 2.29. The molecule has 0 radical (unpaired) electrons. The summed E-state index contributed by atoms with van der Waals surface area (Å²) in [4.78, 5) is 40.3. The van der Waals surface area contributed by atoms with E-state index in [2.05, 4.69) is 0 Å². The Kier molecular flexibility index (Phi) is 5.16. The first-order valence-electron chi connectivity index (χ1n) is 8.69. The summed E-state index contributed by atoms with van der Waals surface area (Å²) in [5.41, 5.74) is 7.95. The van der Waals surface area contributed by atoms with Crippen LogP contribution in [0.1, 0.15) is 47.8 Å². The van der Waals surface area contributed by atoms with Crippen LogP contribution in [0.15, 0.2) is 24.3 Å². The van der Waals surface area contributed by atoms with E-state index in [9.17, 15) is 14.4 Å². The molecular weight excluding hydrogens is 334 g/mol. The van der Waals surface area contributed by atoms with Crippen LogP contribution in [0.2, 0.25) is 0 Å². The van der Waals surface area contributed by atoms with E-state index >= 15 is 0 Å². The Morgan fingerprint density at radius 2 is 1.88 bits per heavy atom. The number of nitrogens with zero attached hydrogens (tertiary/aromatic N) is 1. The average Bonchev–Trinajstić information content (AvgIpc) is 2.83. The Hall–Kier alpha value is -2.96. The number of amides is 3. The minimum Gasteiger partial charge on any atom is -0.449 e. The fourth-order valence-corrected chi connectivity index (χ4v) is 3.28. The number of primary amides is 1. The number of imide groups is 1. The van der Waals surface area contributed by atoms with Crippen molar-refractivity contribution in [2.24, 2.45) is 5.73 Å². The van der Waals surface area contributed by atoms with E-state index in [1.807, 2.05) is 29.6 Å². The molecule has 7 nitrogen and oxygen atoms in total. The van der Waals surface area contributed by atoms with Crippen LogP contribution in [0.3, 0.4) is 0 Å². The van der Waals surface area contributed by atoms with Gasteiger partial charge in [-0.25, -0.2) is 9.59 Å². The van der Waals surface area contributed by atoms with E-state index in [0.29, 0.717) is 10.9 Å². The molecule has 26 heavy (non-hydrogen) atoms. The zero-order valence-corrected chi connectivity index (χ0v) is 14.6. The van der Waals surface area contributed by atoms with Gasteiger partial charge in [0.2, 0.25) is 0 Å². The molecule has 0 aliphatic heterocycles. The number of aromatic nitrogens is 1. The van der Waals surface area contributed by atoms with Crippen LogP contribution in [0.5, 0.6) is 0 Å². The van der Waals surface area contributed by atoms with E-state index in [0.717, 1.165) is 48.9 Å². The molecule has 0 saturated heterocycles. The van der Waals surface area contributed by atoms with Gasteiger partial charge in [0.15, 0.2) is 6.10 Å². The predicted molar refractivity (Wildman–Crippen MR) is 95.6 cm³/mol. The Bertz CT molecular complexity index is 878. The summed E-state index contributed by atoms with van der Waals surface area (Å²) < 4.78 is 5.33. The molecule has 1 heterocycles. The maximum atomic E-state index is 12.9. The number of rotatable bonds is 3. The monoisotopic (exact) mass is 355 g/mol. The second-order valence-corrected chi connectivity index (χ2v) is 6.39. The van der Waals surface area contributed by atoms with Crippen molar-refractivity contribution in [1.82, 2.24) is 10.3 Å². The molecule has 3 amide bonds. The number of hydrogen-bond acceptors (Lipinski definition) is 5. The number of urea groups is 1. The zero-order chi connectivity index (χ0) is 18.7. The quantitative estimate of drug-likeness (QED) is 0.648. The van der Waals surface area contributed by atoms with Crippen molar-refractivity contribution in [3.63, 3.8) is 0 Å². The first-order chi connectivity index (χ1) is 12.5. The molecule has 1 aromatic carbocycles. The third kappa shape index (κ3) is 3.66. The molecule has 136 valence electrons. The number of benzene rings is 1. The number of aryl methyl sites for hydroxylation is 1. The number of para-hydroxylation sites is 1. The molecule has 3 rings (SSSR count). The summed E-state index contributed by atoms with van der Waals surface area (Å²) in [6.07, 6.45) is 3.52. The second-order valence-electron chi connectivity index (χ2n) is 6.39. The highest BCUT2D eigenvalue weighted by Gasteiger charge is 2.26. The molecule has 0 spiro atoms. The van der Waals surface area contributed by atoms with Gasteiger partial charge in [-0.2, -0.15) is 0 Å². The van der Waals surface area contributed by atoms with Crippen LogP contribution in [-0.4, -0.2) is 29.0 Å².